The summed E-state index contributed by atoms with van der Waals surface area (Å²) in [4.78, 5) is 24.4. The molecule has 144 valence electrons. The van der Waals surface area contributed by atoms with Crippen LogP contribution in [0.5, 0.6) is 0 Å². The Kier molecular flexibility index (Phi) is 6.71. The predicted octanol–water partition coefficient (Wildman–Crippen LogP) is 1.55. The fourth-order valence-corrected chi connectivity index (χ4v) is 4.63. The first-order chi connectivity index (χ1) is 12.3. The third-order valence-electron chi connectivity index (χ3n) is 4.39. The highest BCUT2D eigenvalue weighted by Crippen LogP contribution is 2.26. The van der Waals surface area contributed by atoms with Crippen molar-refractivity contribution in [3.8, 4) is 0 Å². The molecule has 0 saturated carbocycles. The summed E-state index contributed by atoms with van der Waals surface area (Å²) in [6.07, 6.45) is 1.21. The second kappa shape index (κ2) is 8.59. The molecule has 0 unspecified atom stereocenters. The number of carbonyl (C=O) groups excluding carboxylic acids is 1. The Morgan fingerprint density at radius 2 is 1.88 bits per heavy atom. The van der Waals surface area contributed by atoms with Gasteiger partial charge >= 0.3 is 5.97 Å². The molecule has 1 saturated heterocycles. The number of benzene rings is 1. The van der Waals surface area contributed by atoms with E-state index in [0.29, 0.717) is 13.0 Å². The number of nitrogens with zero attached hydrogens (tertiary/aromatic N) is 2. The minimum absolute atomic E-state index is 0.0973. The van der Waals surface area contributed by atoms with Crippen LogP contribution >= 0.6 is 0 Å². The zero-order valence-electron chi connectivity index (χ0n) is 14.6. The Morgan fingerprint density at radius 3 is 2.42 bits per heavy atom. The van der Waals surface area contributed by atoms with Gasteiger partial charge in [-0.05, 0) is 31.4 Å². The zero-order chi connectivity index (χ0) is 19.3. The van der Waals surface area contributed by atoms with E-state index in [1.54, 1.807) is 0 Å². The molecule has 26 heavy (non-hydrogen) atoms. The molecular weight excluding hydrogens is 363 g/mol. The monoisotopic (exact) mass is 386 g/mol. The minimum Gasteiger partial charge on any atom is -0.480 e. The van der Waals surface area contributed by atoms with Crippen molar-refractivity contribution in [1.82, 2.24) is 9.21 Å². The van der Waals surface area contributed by atoms with Crippen LogP contribution in [0.1, 0.15) is 26.2 Å². The van der Waals surface area contributed by atoms with Gasteiger partial charge in [0.2, 0.25) is 15.9 Å². The third-order valence-corrected chi connectivity index (χ3v) is 6.32. The highest BCUT2D eigenvalue weighted by molar-refractivity contribution is 7.89. The van der Waals surface area contributed by atoms with Crippen molar-refractivity contribution in [2.45, 2.75) is 31.1 Å². The average Bonchev–Trinajstić information content (AvgIpc) is 2.60. The van der Waals surface area contributed by atoms with Gasteiger partial charge < -0.3 is 10.0 Å². The third kappa shape index (κ3) is 4.59. The first-order valence-electron chi connectivity index (χ1n) is 8.52. The molecule has 2 rings (SSSR count). The minimum atomic E-state index is -3.95. The summed E-state index contributed by atoms with van der Waals surface area (Å²) >= 11 is 0. The Morgan fingerprint density at radius 1 is 1.27 bits per heavy atom. The van der Waals surface area contributed by atoms with Gasteiger partial charge in [0, 0.05) is 25.6 Å². The van der Waals surface area contributed by atoms with Crippen LogP contribution in [0.25, 0.3) is 0 Å². The standard InChI is InChI=1S/C17H23FN2O5S/c1-2-9-19(12-16(21)22)17(23)13-7-10-20(11-8-13)26(24,25)15-6-4-3-5-14(15)18/h3-6,13H,2,7-12H2,1H3,(H,21,22). The Bertz CT molecular complexity index is 760. The first-order valence-corrected chi connectivity index (χ1v) is 9.96. The molecule has 9 heteroatoms. The summed E-state index contributed by atoms with van der Waals surface area (Å²) in [5, 5.41) is 8.94. The molecule has 0 aliphatic carbocycles. The van der Waals surface area contributed by atoms with Gasteiger partial charge in [0.25, 0.3) is 0 Å². The number of carboxylic acids is 1. The molecule has 0 radical (unpaired) electrons. The van der Waals surface area contributed by atoms with Crippen LogP contribution in [0.3, 0.4) is 0 Å². The van der Waals surface area contributed by atoms with Crippen LogP contribution in [0.2, 0.25) is 0 Å². The van der Waals surface area contributed by atoms with Crippen molar-refractivity contribution < 1.29 is 27.5 Å². The molecule has 1 aliphatic rings. The van der Waals surface area contributed by atoms with Crippen molar-refractivity contribution in [2.75, 3.05) is 26.2 Å². The molecule has 0 spiro atoms. The lowest BCUT2D eigenvalue weighted by Crippen LogP contribution is -2.46. The number of halogens is 1. The van der Waals surface area contributed by atoms with Gasteiger partial charge in [-0.1, -0.05) is 19.1 Å². The lowest BCUT2D eigenvalue weighted by molar-refractivity contribution is -0.146. The summed E-state index contributed by atoms with van der Waals surface area (Å²) in [6.45, 7) is 2.03. The molecule has 1 aromatic rings. The number of hydrogen-bond donors (Lipinski definition) is 1. The number of carboxylic acid groups (broad SMARTS) is 1. The van der Waals surface area contributed by atoms with Crippen LogP contribution in [-0.2, 0) is 19.6 Å². The molecule has 0 aromatic heterocycles. The fourth-order valence-electron chi connectivity index (χ4n) is 3.09. The number of sulfonamides is 1. The summed E-state index contributed by atoms with van der Waals surface area (Å²) < 4.78 is 40.2. The topological polar surface area (TPSA) is 95.0 Å². The Labute approximate surface area is 152 Å². The maximum Gasteiger partial charge on any atom is 0.323 e. The van der Waals surface area contributed by atoms with Gasteiger partial charge in [0.05, 0.1) is 0 Å². The SMILES string of the molecule is CCCN(CC(=O)O)C(=O)C1CCN(S(=O)(=O)c2ccccc2F)CC1. The van der Waals surface area contributed by atoms with E-state index in [-0.39, 0.29) is 43.3 Å². The molecule has 7 nitrogen and oxygen atoms in total. The van der Waals surface area contributed by atoms with E-state index in [0.717, 1.165) is 6.07 Å². The van der Waals surface area contributed by atoms with Gasteiger partial charge in [0.15, 0.2) is 0 Å². The number of rotatable bonds is 7. The van der Waals surface area contributed by atoms with Gasteiger partial charge in [0.1, 0.15) is 17.3 Å². The van der Waals surface area contributed by atoms with Crippen LogP contribution in [-0.4, -0.2) is 60.8 Å². The van der Waals surface area contributed by atoms with E-state index >= 15 is 0 Å². The predicted molar refractivity (Wildman–Crippen MR) is 92.4 cm³/mol. The second-order valence-electron chi connectivity index (χ2n) is 6.26. The van der Waals surface area contributed by atoms with Crippen LogP contribution in [0.4, 0.5) is 4.39 Å². The summed E-state index contributed by atoms with van der Waals surface area (Å²) in [7, 11) is -3.95. The number of aliphatic carboxylic acids is 1. The molecule has 1 amide bonds. The van der Waals surface area contributed by atoms with E-state index in [4.69, 9.17) is 5.11 Å². The van der Waals surface area contributed by atoms with E-state index in [1.165, 1.54) is 27.4 Å². The lowest BCUT2D eigenvalue weighted by Gasteiger charge is -2.33. The fraction of sp³-hybridized carbons (Fsp3) is 0.529. The van der Waals surface area contributed by atoms with Crippen molar-refractivity contribution in [2.24, 2.45) is 5.92 Å². The molecule has 0 bridgehead atoms. The van der Waals surface area contributed by atoms with E-state index < -0.39 is 27.7 Å². The van der Waals surface area contributed by atoms with Crippen molar-refractivity contribution in [3.05, 3.63) is 30.1 Å². The van der Waals surface area contributed by atoms with E-state index in [1.807, 2.05) is 6.92 Å². The maximum atomic E-state index is 13.8. The highest BCUT2D eigenvalue weighted by Gasteiger charge is 2.35. The molecule has 1 N–H and O–H groups in total. The van der Waals surface area contributed by atoms with Gasteiger partial charge in [-0.3, -0.25) is 9.59 Å². The largest absolute Gasteiger partial charge is 0.480 e. The molecule has 1 aliphatic heterocycles. The van der Waals surface area contributed by atoms with Gasteiger partial charge in [-0.2, -0.15) is 4.31 Å². The second-order valence-corrected chi connectivity index (χ2v) is 8.17. The van der Waals surface area contributed by atoms with Crippen LogP contribution in [0.15, 0.2) is 29.2 Å². The molecule has 1 fully saturated rings. The van der Waals surface area contributed by atoms with Crippen molar-refractivity contribution in [1.29, 1.82) is 0 Å². The summed E-state index contributed by atoms with van der Waals surface area (Å²) in [5.74, 6) is -2.57. The summed E-state index contributed by atoms with van der Waals surface area (Å²) in [5.41, 5.74) is 0. The molecule has 1 aromatic carbocycles. The zero-order valence-corrected chi connectivity index (χ0v) is 15.4. The molecule has 0 atom stereocenters. The molecular formula is C17H23FN2O5S. The van der Waals surface area contributed by atoms with Crippen LogP contribution in [0, 0.1) is 11.7 Å². The number of piperidine rings is 1. The summed E-state index contributed by atoms with van der Waals surface area (Å²) in [6, 6.07) is 5.19. The van der Waals surface area contributed by atoms with E-state index in [2.05, 4.69) is 0 Å². The van der Waals surface area contributed by atoms with Crippen molar-refractivity contribution in [3.63, 3.8) is 0 Å². The quantitative estimate of drug-likeness (QED) is 0.767. The van der Waals surface area contributed by atoms with Crippen molar-refractivity contribution >= 4 is 21.9 Å². The van der Waals surface area contributed by atoms with Gasteiger partial charge in [-0.25, -0.2) is 12.8 Å². The maximum absolute atomic E-state index is 13.8. The number of hydrogen-bond acceptors (Lipinski definition) is 4. The molecule has 1 heterocycles. The van der Waals surface area contributed by atoms with Gasteiger partial charge in [-0.15, -0.1) is 0 Å². The average molecular weight is 386 g/mol. The smallest absolute Gasteiger partial charge is 0.323 e. The van der Waals surface area contributed by atoms with E-state index in [9.17, 15) is 22.4 Å². The van der Waals surface area contributed by atoms with Crippen LogP contribution < -0.4 is 0 Å². The highest BCUT2D eigenvalue weighted by atomic mass is 32.2. The Hall–Kier alpha value is -2.00. The normalized spacial score (nSPS) is 16.4. The number of amides is 1. The first kappa shape index (κ1) is 20.3. The lowest BCUT2D eigenvalue weighted by atomic mass is 9.96. The number of carbonyl (C=O) groups is 2. The Balaban J connectivity index is 2.05.